The molecule has 0 aliphatic rings. The lowest BCUT2D eigenvalue weighted by Gasteiger charge is -2.14. The third-order valence-corrected chi connectivity index (χ3v) is 3.84. The maximum atomic E-state index is 13.4. The Hall–Kier alpha value is -3.57. The number of hydrogen-bond donors (Lipinski definition) is 1. The minimum absolute atomic E-state index is 0.261. The lowest BCUT2D eigenvalue weighted by molar-refractivity contribution is -0.140. The highest BCUT2D eigenvalue weighted by atomic mass is 19.4. The molecule has 3 rings (SSSR count). The van der Waals surface area contributed by atoms with Crippen LogP contribution in [0.3, 0.4) is 0 Å². The molecule has 4 nitrogen and oxygen atoms in total. The summed E-state index contributed by atoms with van der Waals surface area (Å²) in [6.45, 7) is 0. The highest BCUT2D eigenvalue weighted by Gasteiger charge is 2.35. The van der Waals surface area contributed by atoms with Crippen LogP contribution in [-0.4, -0.2) is 4.98 Å². The van der Waals surface area contributed by atoms with Crippen LogP contribution >= 0.6 is 0 Å². The number of pyridine rings is 1. The molecule has 0 radical (unpaired) electrons. The van der Waals surface area contributed by atoms with Crippen LogP contribution in [0.5, 0.6) is 23.1 Å². The van der Waals surface area contributed by atoms with E-state index in [1.54, 1.807) is 0 Å². The van der Waals surface area contributed by atoms with Crippen molar-refractivity contribution in [3.8, 4) is 23.1 Å². The summed E-state index contributed by atoms with van der Waals surface area (Å²) in [6.07, 6.45) is -8.89. The molecule has 1 heterocycles. The van der Waals surface area contributed by atoms with E-state index < -0.39 is 52.5 Å². The molecule has 3 aromatic rings. The SMILES string of the molecule is Nc1c(Oc2ccc(F)c(C(F)(F)F)c2)ccnc1Oc1ccc(F)c(C(F)(F)F)c1. The van der Waals surface area contributed by atoms with E-state index in [0.29, 0.717) is 24.3 Å². The van der Waals surface area contributed by atoms with Crippen molar-refractivity contribution < 1.29 is 44.6 Å². The monoisotopic (exact) mass is 450 g/mol. The average Bonchev–Trinajstić information content (AvgIpc) is 2.66. The summed E-state index contributed by atoms with van der Waals surface area (Å²) >= 11 is 0. The van der Waals surface area contributed by atoms with Gasteiger partial charge in [-0.2, -0.15) is 26.3 Å². The fourth-order valence-corrected chi connectivity index (χ4v) is 2.42. The zero-order chi connectivity index (χ0) is 23.0. The van der Waals surface area contributed by atoms with Gasteiger partial charge < -0.3 is 15.2 Å². The van der Waals surface area contributed by atoms with Crippen molar-refractivity contribution >= 4 is 5.69 Å². The molecule has 0 saturated carbocycles. The lowest BCUT2D eigenvalue weighted by atomic mass is 10.2. The van der Waals surface area contributed by atoms with Gasteiger partial charge in [0, 0.05) is 12.3 Å². The Labute approximate surface area is 168 Å². The molecule has 164 valence electrons. The molecule has 0 aliphatic heterocycles. The predicted octanol–water partition coefficient (Wildman–Crippen LogP) is 6.56. The van der Waals surface area contributed by atoms with Crippen LogP contribution in [0.4, 0.5) is 40.8 Å². The number of nitrogens with two attached hydrogens (primary N) is 1. The summed E-state index contributed by atoms with van der Waals surface area (Å²) in [5.41, 5.74) is 2.25. The van der Waals surface area contributed by atoms with E-state index in [4.69, 9.17) is 15.2 Å². The molecule has 0 aliphatic carbocycles. The van der Waals surface area contributed by atoms with Crippen LogP contribution in [0.25, 0.3) is 0 Å². The molecule has 0 unspecified atom stereocenters. The molecule has 0 saturated heterocycles. The Balaban J connectivity index is 1.90. The second kappa shape index (κ2) is 7.93. The first-order valence-electron chi connectivity index (χ1n) is 8.20. The summed E-state index contributed by atoms with van der Waals surface area (Å²) in [5, 5.41) is 0. The summed E-state index contributed by atoms with van der Waals surface area (Å²) in [6, 6.07) is 4.83. The van der Waals surface area contributed by atoms with Gasteiger partial charge in [0.25, 0.3) is 0 Å². The molecular weight excluding hydrogens is 440 g/mol. The van der Waals surface area contributed by atoms with E-state index in [9.17, 15) is 35.1 Å². The number of ether oxygens (including phenoxy) is 2. The molecule has 0 atom stereocenters. The topological polar surface area (TPSA) is 57.4 Å². The third-order valence-electron chi connectivity index (χ3n) is 3.84. The van der Waals surface area contributed by atoms with Crippen molar-refractivity contribution in [1.29, 1.82) is 0 Å². The highest BCUT2D eigenvalue weighted by Crippen LogP contribution is 2.39. The summed E-state index contributed by atoms with van der Waals surface area (Å²) in [4.78, 5) is 3.72. The quantitative estimate of drug-likeness (QED) is 0.457. The van der Waals surface area contributed by atoms with Crippen LogP contribution in [-0.2, 0) is 12.4 Å². The fraction of sp³-hybridized carbons (Fsp3) is 0.105. The van der Waals surface area contributed by atoms with E-state index in [1.807, 2.05) is 0 Å². The summed E-state index contributed by atoms with van der Waals surface area (Å²) in [7, 11) is 0. The molecule has 0 amide bonds. The van der Waals surface area contributed by atoms with Gasteiger partial charge in [0.1, 0.15) is 28.8 Å². The smallest absolute Gasteiger partial charge is 0.419 e. The molecule has 12 heteroatoms. The van der Waals surface area contributed by atoms with Crippen LogP contribution in [0.2, 0.25) is 0 Å². The van der Waals surface area contributed by atoms with Crippen molar-refractivity contribution in [2.24, 2.45) is 0 Å². The number of halogens is 8. The van der Waals surface area contributed by atoms with Crippen molar-refractivity contribution in [3.05, 3.63) is 71.4 Å². The third kappa shape index (κ3) is 4.95. The Morgan fingerprint density at radius 2 is 1.19 bits per heavy atom. The zero-order valence-corrected chi connectivity index (χ0v) is 15.0. The van der Waals surface area contributed by atoms with Crippen molar-refractivity contribution in [2.45, 2.75) is 12.4 Å². The lowest BCUT2D eigenvalue weighted by Crippen LogP contribution is -2.08. The van der Waals surface area contributed by atoms with Gasteiger partial charge in [-0.3, -0.25) is 0 Å². The average molecular weight is 450 g/mol. The van der Waals surface area contributed by atoms with Gasteiger partial charge in [-0.15, -0.1) is 0 Å². The molecular formula is C19H10F8N2O2. The molecule has 0 fully saturated rings. The number of nitrogen functional groups attached to an aromatic ring is 1. The number of benzene rings is 2. The number of alkyl halides is 6. The second-order valence-corrected chi connectivity index (χ2v) is 6.01. The molecule has 0 bridgehead atoms. The molecule has 2 aromatic carbocycles. The van der Waals surface area contributed by atoms with E-state index in [0.717, 1.165) is 24.4 Å². The van der Waals surface area contributed by atoms with E-state index in [1.165, 1.54) is 0 Å². The van der Waals surface area contributed by atoms with E-state index in [-0.39, 0.29) is 11.4 Å². The van der Waals surface area contributed by atoms with E-state index >= 15 is 0 Å². The maximum Gasteiger partial charge on any atom is 0.419 e. The minimum atomic E-state index is -4.98. The Morgan fingerprint density at radius 3 is 1.68 bits per heavy atom. The van der Waals surface area contributed by atoms with Crippen LogP contribution in [0.1, 0.15) is 11.1 Å². The Morgan fingerprint density at radius 1 is 0.710 bits per heavy atom. The van der Waals surface area contributed by atoms with Gasteiger partial charge >= 0.3 is 12.4 Å². The molecule has 1 aromatic heterocycles. The van der Waals surface area contributed by atoms with Crippen molar-refractivity contribution in [3.63, 3.8) is 0 Å². The number of anilines is 1. The first-order chi connectivity index (χ1) is 14.4. The first kappa shape index (κ1) is 22.1. The number of aromatic nitrogens is 1. The summed E-state index contributed by atoms with van der Waals surface area (Å²) < 4.78 is 114. The maximum absolute atomic E-state index is 13.4. The van der Waals surface area contributed by atoms with Crippen LogP contribution in [0.15, 0.2) is 48.7 Å². The van der Waals surface area contributed by atoms with Crippen molar-refractivity contribution in [1.82, 2.24) is 4.98 Å². The number of rotatable bonds is 4. The fourth-order valence-electron chi connectivity index (χ4n) is 2.42. The minimum Gasteiger partial charge on any atom is -0.455 e. The van der Waals surface area contributed by atoms with Crippen molar-refractivity contribution in [2.75, 3.05) is 5.73 Å². The van der Waals surface area contributed by atoms with Gasteiger partial charge in [-0.05, 0) is 36.4 Å². The Kier molecular flexibility index (Phi) is 5.66. The highest BCUT2D eigenvalue weighted by molar-refractivity contribution is 5.61. The Bertz CT molecular complexity index is 1030. The number of nitrogens with zero attached hydrogens (tertiary/aromatic N) is 1. The number of hydrogen-bond acceptors (Lipinski definition) is 4. The summed E-state index contributed by atoms with van der Waals surface area (Å²) in [5.74, 6) is -4.61. The van der Waals surface area contributed by atoms with Gasteiger partial charge in [-0.25, -0.2) is 13.8 Å². The van der Waals surface area contributed by atoms with Crippen LogP contribution < -0.4 is 15.2 Å². The second-order valence-electron chi connectivity index (χ2n) is 6.01. The van der Waals surface area contributed by atoms with Gasteiger partial charge in [0.05, 0.1) is 11.1 Å². The van der Waals surface area contributed by atoms with Gasteiger partial charge in [0.15, 0.2) is 5.75 Å². The largest absolute Gasteiger partial charge is 0.455 e. The zero-order valence-electron chi connectivity index (χ0n) is 15.0. The molecule has 31 heavy (non-hydrogen) atoms. The normalized spacial score (nSPS) is 12.0. The first-order valence-corrected chi connectivity index (χ1v) is 8.20. The van der Waals surface area contributed by atoms with E-state index in [2.05, 4.69) is 4.98 Å². The predicted molar refractivity (Wildman–Crippen MR) is 91.6 cm³/mol. The van der Waals surface area contributed by atoms with Gasteiger partial charge in [-0.1, -0.05) is 0 Å². The molecule has 2 N–H and O–H groups in total. The standard InChI is InChI=1S/C19H10F8N2O2/c20-13-3-1-9(7-11(13)18(22,23)24)30-15-5-6-29-17(16(15)28)31-10-2-4-14(21)12(8-10)19(25,26)27/h1-8H,28H2. The van der Waals surface area contributed by atoms with Crippen LogP contribution in [0, 0.1) is 11.6 Å². The molecule has 0 spiro atoms. The van der Waals surface area contributed by atoms with Gasteiger partial charge in [0.2, 0.25) is 5.88 Å².